The van der Waals surface area contributed by atoms with Gasteiger partial charge in [-0.25, -0.2) is 0 Å². The van der Waals surface area contributed by atoms with Crippen LogP contribution in [0, 0.1) is 0 Å². The van der Waals surface area contributed by atoms with E-state index in [9.17, 15) is 4.79 Å². The number of hydrogen-bond acceptors (Lipinski definition) is 1. The maximum absolute atomic E-state index is 11.2. The monoisotopic (exact) mass is 243 g/mol. The van der Waals surface area contributed by atoms with E-state index in [4.69, 9.17) is 0 Å². The summed E-state index contributed by atoms with van der Waals surface area (Å²) in [5.74, 6) is 0.991. The van der Waals surface area contributed by atoms with Crippen LogP contribution in [0.15, 0.2) is 30.5 Å². The van der Waals surface area contributed by atoms with Crippen molar-refractivity contribution < 1.29 is 4.79 Å². The molecule has 1 saturated carbocycles. The van der Waals surface area contributed by atoms with Crippen LogP contribution in [0.1, 0.15) is 51.0 Å². The maximum Gasteiger partial charge on any atom is 0.132 e. The third kappa shape index (κ3) is 2.47. The minimum atomic E-state index is 0.427. The molecule has 1 N–H and O–H groups in total. The van der Waals surface area contributed by atoms with Gasteiger partial charge in [-0.15, -0.1) is 0 Å². The molecule has 1 heterocycles. The predicted octanol–water partition coefficient (Wildman–Crippen LogP) is 4.42. The van der Waals surface area contributed by atoms with Crippen molar-refractivity contribution in [2.75, 3.05) is 0 Å². The number of aromatic amines is 1. The second kappa shape index (κ2) is 5.85. The number of rotatable bonds is 1. The first kappa shape index (κ1) is 12.9. The second-order valence-corrected chi connectivity index (χ2v) is 4.60. The van der Waals surface area contributed by atoms with Crippen molar-refractivity contribution >= 4 is 16.7 Å². The molecule has 0 atom stereocenters. The van der Waals surface area contributed by atoms with Gasteiger partial charge in [0.2, 0.25) is 0 Å². The topological polar surface area (TPSA) is 32.9 Å². The maximum atomic E-state index is 11.2. The zero-order chi connectivity index (χ0) is 13.0. The van der Waals surface area contributed by atoms with Gasteiger partial charge in [0.1, 0.15) is 5.78 Å². The van der Waals surface area contributed by atoms with E-state index in [1.807, 2.05) is 19.9 Å². The summed E-state index contributed by atoms with van der Waals surface area (Å²) in [6, 6.07) is 8.39. The molecule has 1 aromatic heterocycles. The molecule has 0 radical (unpaired) electrons. The molecular formula is C16H21NO. The molecule has 1 aliphatic rings. The largest absolute Gasteiger partial charge is 0.361 e. The quantitative estimate of drug-likeness (QED) is 0.790. The molecule has 2 aromatic rings. The number of Topliss-reactive ketones (excluding diaryl/α,β-unsaturated/α-hetero) is 1. The zero-order valence-electron chi connectivity index (χ0n) is 11.2. The molecule has 1 aromatic carbocycles. The Kier molecular flexibility index (Phi) is 4.19. The van der Waals surface area contributed by atoms with E-state index in [1.165, 1.54) is 16.5 Å². The fourth-order valence-corrected chi connectivity index (χ4v) is 2.68. The van der Waals surface area contributed by atoms with Gasteiger partial charge in [0.25, 0.3) is 0 Å². The summed E-state index contributed by atoms with van der Waals surface area (Å²) >= 11 is 0. The number of nitrogens with one attached hydrogen (secondary N) is 1. The number of H-pyrrole nitrogens is 1. The molecule has 2 heteroatoms. The summed E-state index contributed by atoms with van der Waals surface area (Å²) < 4.78 is 0. The van der Waals surface area contributed by atoms with Crippen molar-refractivity contribution in [2.45, 2.75) is 45.4 Å². The third-order valence-corrected chi connectivity index (χ3v) is 3.60. The smallest absolute Gasteiger partial charge is 0.132 e. The van der Waals surface area contributed by atoms with Crippen molar-refractivity contribution in [1.82, 2.24) is 4.98 Å². The SMILES string of the molecule is CC.O=C1CCC(c2c[nH]c3ccccc23)CC1. The zero-order valence-corrected chi connectivity index (χ0v) is 11.2. The molecule has 0 unspecified atom stereocenters. The van der Waals surface area contributed by atoms with Crippen LogP contribution in [0.4, 0.5) is 0 Å². The van der Waals surface area contributed by atoms with Gasteiger partial charge in [-0.05, 0) is 30.4 Å². The lowest BCUT2D eigenvalue weighted by Gasteiger charge is -2.20. The first-order valence-electron chi connectivity index (χ1n) is 6.92. The number of hydrogen-bond donors (Lipinski definition) is 1. The lowest BCUT2D eigenvalue weighted by Crippen LogP contribution is -2.11. The Morgan fingerprint density at radius 3 is 2.50 bits per heavy atom. The van der Waals surface area contributed by atoms with E-state index >= 15 is 0 Å². The number of carbonyl (C=O) groups is 1. The minimum Gasteiger partial charge on any atom is -0.361 e. The van der Waals surface area contributed by atoms with Gasteiger partial charge < -0.3 is 4.98 Å². The summed E-state index contributed by atoms with van der Waals surface area (Å²) in [4.78, 5) is 14.5. The average Bonchev–Trinajstić information content (AvgIpc) is 2.86. The molecule has 1 fully saturated rings. The van der Waals surface area contributed by atoms with Gasteiger partial charge in [-0.3, -0.25) is 4.79 Å². The Morgan fingerprint density at radius 1 is 1.11 bits per heavy atom. The van der Waals surface area contributed by atoms with Crippen LogP contribution in [0.3, 0.4) is 0 Å². The van der Waals surface area contributed by atoms with E-state index in [1.54, 1.807) is 0 Å². The highest BCUT2D eigenvalue weighted by Crippen LogP contribution is 2.35. The van der Waals surface area contributed by atoms with Gasteiger partial charge in [0.05, 0.1) is 0 Å². The van der Waals surface area contributed by atoms with E-state index in [2.05, 4.69) is 29.4 Å². The van der Waals surface area contributed by atoms with Crippen LogP contribution in [0.5, 0.6) is 0 Å². The van der Waals surface area contributed by atoms with Gasteiger partial charge in [-0.1, -0.05) is 32.0 Å². The summed E-state index contributed by atoms with van der Waals surface area (Å²) in [5, 5.41) is 1.32. The van der Waals surface area contributed by atoms with E-state index < -0.39 is 0 Å². The van der Waals surface area contributed by atoms with Crippen LogP contribution in [0.25, 0.3) is 10.9 Å². The molecular weight excluding hydrogens is 222 g/mol. The molecule has 0 saturated heterocycles. The first-order chi connectivity index (χ1) is 8.84. The van der Waals surface area contributed by atoms with Crippen LogP contribution in [-0.2, 0) is 4.79 Å². The number of benzene rings is 1. The number of aromatic nitrogens is 1. The molecule has 0 bridgehead atoms. The normalized spacial score (nSPS) is 16.4. The van der Waals surface area contributed by atoms with E-state index in [0.717, 1.165) is 25.7 Å². The molecule has 96 valence electrons. The van der Waals surface area contributed by atoms with Crippen LogP contribution in [0.2, 0.25) is 0 Å². The summed E-state index contributed by atoms with van der Waals surface area (Å²) in [7, 11) is 0. The van der Waals surface area contributed by atoms with Gasteiger partial charge in [0, 0.05) is 29.9 Å². The van der Waals surface area contributed by atoms with Gasteiger partial charge in [-0.2, -0.15) is 0 Å². The van der Waals surface area contributed by atoms with Gasteiger partial charge in [0.15, 0.2) is 0 Å². The molecule has 3 rings (SSSR count). The molecule has 1 aliphatic carbocycles. The third-order valence-electron chi connectivity index (χ3n) is 3.60. The number of ketones is 1. The Hall–Kier alpha value is -1.57. The summed E-state index contributed by atoms with van der Waals surface area (Å²) in [5.41, 5.74) is 2.59. The molecule has 2 nitrogen and oxygen atoms in total. The van der Waals surface area contributed by atoms with E-state index in [0.29, 0.717) is 11.7 Å². The fourth-order valence-electron chi connectivity index (χ4n) is 2.68. The average molecular weight is 243 g/mol. The summed E-state index contributed by atoms with van der Waals surface area (Å²) in [6.45, 7) is 4.00. The molecule has 18 heavy (non-hydrogen) atoms. The Morgan fingerprint density at radius 2 is 1.78 bits per heavy atom. The van der Waals surface area contributed by atoms with Crippen molar-refractivity contribution in [1.29, 1.82) is 0 Å². The molecule has 0 aliphatic heterocycles. The lowest BCUT2D eigenvalue weighted by atomic mass is 9.83. The predicted molar refractivity (Wildman–Crippen MR) is 75.9 cm³/mol. The van der Waals surface area contributed by atoms with E-state index in [-0.39, 0.29) is 0 Å². The second-order valence-electron chi connectivity index (χ2n) is 4.60. The highest BCUT2D eigenvalue weighted by atomic mass is 16.1. The fraction of sp³-hybridized carbons (Fsp3) is 0.438. The van der Waals surface area contributed by atoms with Crippen molar-refractivity contribution in [3.63, 3.8) is 0 Å². The summed E-state index contributed by atoms with van der Waals surface area (Å²) in [6.07, 6.45) is 5.65. The highest BCUT2D eigenvalue weighted by Gasteiger charge is 2.22. The van der Waals surface area contributed by atoms with Crippen molar-refractivity contribution in [3.8, 4) is 0 Å². The van der Waals surface area contributed by atoms with Crippen molar-refractivity contribution in [3.05, 3.63) is 36.0 Å². The molecule has 0 amide bonds. The molecule has 0 spiro atoms. The highest BCUT2D eigenvalue weighted by molar-refractivity contribution is 5.84. The number of fused-ring (bicyclic) bond motifs is 1. The minimum absolute atomic E-state index is 0.427. The Bertz CT molecular complexity index is 517. The van der Waals surface area contributed by atoms with Crippen LogP contribution < -0.4 is 0 Å². The number of carbonyl (C=O) groups excluding carboxylic acids is 1. The van der Waals surface area contributed by atoms with Gasteiger partial charge >= 0.3 is 0 Å². The lowest BCUT2D eigenvalue weighted by molar-refractivity contribution is -0.120. The van der Waals surface area contributed by atoms with Crippen LogP contribution >= 0.6 is 0 Å². The Balaban J connectivity index is 0.000000574. The van der Waals surface area contributed by atoms with Crippen LogP contribution in [-0.4, -0.2) is 10.8 Å². The standard InChI is InChI=1S/C14H15NO.C2H6/c16-11-7-5-10(6-8-11)13-9-15-14-4-2-1-3-12(13)14;1-2/h1-4,9-10,15H,5-8H2;1-2H3. The Labute approximate surface area is 108 Å². The first-order valence-corrected chi connectivity index (χ1v) is 6.92. The van der Waals surface area contributed by atoms with Crippen molar-refractivity contribution in [2.24, 2.45) is 0 Å². The number of para-hydroxylation sites is 1.